The maximum absolute atomic E-state index is 5.87. The maximum atomic E-state index is 5.87. The zero-order valence-electron chi connectivity index (χ0n) is 12.2. The third-order valence-corrected chi connectivity index (χ3v) is 4.96. The summed E-state index contributed by atoms with van der Waals surface area (Å²) in [4.78, 5) is 7.15. The van der Waals surface area contributed by atoms with Crippen molar-refractivity contribution in [1.29, 1.82) is 0 Å². The van der Waals surface area contributed by atoms with Gasteiger partial charge in [-0.05, 0) is 37.3 Å². The average Bonchev–Trinajstić information content (AvgIpc) is 2.99. The van der Waals surface area contributed by atoms with Crippen molar-refractivity contribution in [3.63, 3.8) is 0 Å². The van der Waals surface area contributed by atoms with Crippen molar-refractivity contribution in [2.75, 3.05) is 0 Å². The van der Waals surface area contributed by atoms with Gasteiger partial charge >= 0.3 is 0 Å². The Bertz CT molecular complexity index is 547. The molecule has 1 aliphatic carbocycles. The Labute approximate surface area is 124 Å². The molecule has 4 heteroatoms. The highest BCUT2D eigenvalue weighted by Crippen LogP contribution is 2.35. The zero-order chi connectivity index (χ0) is 13.9. The molecule has 3 rings (SSSR count). The van der Waals surface area contributed by atoms with Crippen LogP contribution in [0.25, 0.3) is 10.6 Å². The van der Waals surface area contributed by atoms with Gasteiger partial charge in [0.25, 0.3) is 0 Å². The third-order valence-electron chi connectivity index (χ3n) is 3.70. The fraction of sp³-hybridized carbons (Fsp3) is 0.562. The predicted octanol–water partition coefficient (Wildman–Crippen LogP) is 4.17. The Kier molecular flexibility index (Phi) is 4.22. The van der Waals surface area contributed by atoms with Crippen LogP contribution in [0.2, 0.25) is 0 Å². The second kappa shape index (κ2) is 6.10. The van der Waals surface area contributed by atoms with Crippen LogP contribution in [0.15, 0.2) is 16.7 Å². The fourth-order valence-electron chi connectivity index (χ4n) is 2.59. The summed E-state index contributed by atoms with van der Waals surface area (Å²) in [6.07, 6.45) is 8.33. The van der Waals surface area contributed by atoms with E-state index in [-0.39, 0.29) is 0 Å². The molecule has 0 fully saturated rings. The average molecular weight is 290 g/mol. The van der Waals surface area contributed by atoms with E-state index in [4.69, 9.17) is 4.42 Å². The van der Waals surface area contributed by atoms with E-state index < -0.39 is 0 Å². The summed E-state index contributed by atoms with van der Waals surface area (Å²) in [6, 6.07) is 2.76. The first-order chi connectivity index (χ1) is 9.72. The monoisotopic (exact) mass is 290 g/mol. The first-order valence-electron chi connectivity index (χ1n) is 7.52. The molecule has 0 unspecified atom stereocenters. The molecular weight excluding hydrogens is 268 g/mol. The zero-order valence-corrected chi connectivity index (χ0v) is 13.1. The molecule has 0 radical (unpaired) electrons. The van der Waals surface area contributed by atoms with E-state index in [1.54, 1.807) is 4.88 Å². The van der Waals surface area contributed by atoms with Crippen LogP contribution in [0.4, 0.5) is 0 Å². The van der Waals surface area contributed by atoms with Crippen molar-refractivity contribution >= 4 is 11.3 Å². The quantitative estimate of drug-likeness (QED) is 0.859. The molecule has 108 valence electrons. The normalized spacial score (nSPS) is 15.3. The molecule has 2 aromatic heterocycles. The number of fused-ring (bicyclic) bond motifs is 1. The fourth-order valence-corrected chi connectivity index (χ4v) is 3.79. The molecular formula is C16H22N2OS. The number of nitrogens with one attached hydrogen (secondary N) is 1. The van der Waals surface area contributed by atoms with Crippen molar-refractivity contribution in [2.24, 2.45) is 0 Å². The summed E-state index contributed by atoms with van der Waals surface area (Å²) in [5, 5.41) is 3.33. The number of hydrogen-bond acceptors (Lipinski definition) is 4. The third kappa shape index (κ3) is 3.13. The number of nitrogens with zero attached hydrogens (tertiary/aromatic N) is 1. The van der Waals surface area contributed by atoms with Gasteiger partial charge in [0.1, 0.15) is 0 Å². The second-order valence-corrected chi connectivity index (χ2v) is 6.91. The Balaban J connectivity index is 1.76. The molecule has 0 aromatic carbocycles. The number of hydrogen-bond donors (Lipinski definition) is 1. The highest BCUT2D eigenvalue weighted by atomic mass is 32.1. The van der Waals surface area contributed by atoms with Gasteiger partial charge in [0, 0.05) is 10.9 Å². The van der Waals surface area contributed by atoms with Crippen LogP contribution in [0.1, 0.15) is 49.4 Å². The van der Waals surface area contributed by atoms with Gasteiger partial charge in [-0.2, -0.15) is 0 Å². The minimum Gasteiger partial charge on any atom is -0.438 e. The Morgan fingerprint density at radius 2 is 2.15 bits per heavy atom. The van der Waals surface area contributed by atoms with Gasteiger partial charge in [-0.15, -0.1) is 11.3 Å². The molecule has 2 heterocycles. The summed E-state index contributed by atoms with van der Waals surface area (Å²) >= 11 is 1.89. The molecule has 2 aromatic rings. The minimum absolute atomic E-state index is 0.447. The van der Waals surface area contributed by atoms with Gasteiger partial charge in [-0.3, -0.25) is 0 Å². The number of thiophene rings is 1. The van der Waals surface area contributed by atoms with Crippen molar-refractivity contribution in [3.05, 3.63) is 28.6 Å². The lowest BCUT2D eigenvalue weighted by Crippen LogP contribution is -2.21. The first kappa shape index (κ1) is 13.8. The summed E-state index contributed by atoms with van der Waals surface area (Å²) < 4.78 is 5.87. The molecule has 3 nitrogen and oxygen atoms in total. The molecule has 0 amide bonds. The number of aromatic nitrogens is 1. The van der Waals surface area contributed by atoms with E-state index in [2.05, 4.69) is 30.2 Å². The Morgan fingerprint density at radius 3 is 3.00 bits per heavy atom. The summed E-state index contributed by atoms with van der Waals surface area (Å²) in [5.74, 6) is 1.70. The first-order valence-corrected chi connectivity index (χ1v) is 8.34. The van der Waals surface area contributed by atoms with Crippen molar-refractivity contribution in [1.82, 2.24) is 10.3 Å². The van der Waals surface area contributed by atoms with Crippen LogP contribution in [0.5, 0.6) is 0 Å². The molecule has 0 bridgehead atoms. The van der Waals surface area contributed by atoms with Crippen LogP contribution < -0.4 is 5.32 Å². The van der Waals surface area contributed by atoms with E-state index in [1.807, 2.05) is 17.5 Å². The largest absolute Gasteiger partial charge is 0.438 e. The molecule has 1 aliphatic rings. The van der Waals surface area contributed by atoms with Crippen molar-refractivity contribution in [3.8, 4) is 10.6 Å². The molecule has 0 aliphatic heterocycles. The molecule has 0 saturated carbocycles. The van der Waals surface area contributed by atoms with E-state index in [9.17, 15) is 0 Å². The van der Waals surface area contributed by atoms with Crippen LogP contribution in [0, 0.1) is 0 Å². The topological polar surface area (TPSA) is 38.1 Å². The molecule has 0 saturated heterocycles. The van der Waals surface area contributed by atoms with E-state index in [0.29, 0.717) is 12.6 Å². The molecule has 1 N–H and O–H groups in total. The standard InChI is InChI=1S/C16H22N2OS/c1-11(2)17-10-16-18-9-13(19-16)15-8-12-6-4-3-5-7-14(12)20-15/h8-9,11,17H,3-7,10H2,1-2H3. The van der Waals surface area contributed by atoms with E-state index in [0.717, 1.165) is 11.7 Å². The van der Waals surface area contributed by atoms with Crippen molar-refractivity contribution < 1.29 is 4.42 Å². The minimum atomic E-state index is 0.447. The van der Waals surface area contributed by atoms with Crippen LogP contribution in [-0.4, -0.2) is 11.0 Å². The van der Waals surface area contributed by atoms with E-state index >= 15 is 0 Å². The maximum Gasteiger partial charge on any atom is 0.208 e. The summed E-state index contributed by atoms with van der Waals surface area (Å²) in [7, 11) is 0. The smallest absolute Gasteiger partial charge is 0.208 e. The van der Waals surface area contributed by atoms with Crippen LogP contribution in [0.3, 0.4) is 0 Å². The highest BCUT2D eigenvalue weighted by molar-refractivity contribution is 7.15. The van der Waals surface area contributed by atoms with Crippen molar-refractivity contribution in [2.45, 2.75) is 58.5 Å². The second-order valence-electron chi connectivity index (χ2n) is 5.77. The van der Waals surface area contributed by atoms with Gasteiger partial charge in [0.15, 0.2) is 5.76 Å². The number of aryl methyl sites for hydroxylation is 2. The van der Waals surface area contributed by atoms with Crippen LogP contribution >= 0.6 is 11.3 Å². The lowest BCUT2D eigenvalue weighted by Gasteiger charge is -2.03. The summed E-state index contributed by atoms with van der Waals surface area (Å²) in [6.45, 7) is 4.95. The highest BCUT2D eigenvalue weighted by Gasteiger charge is 2.15. The molecule has 0 atom stereocenters. The number of rotatable bonds is 4. The van der Waals surface area contributed by atoms with Gasteiger partial charge in [0.2, 0.25) is 5.89 Å². The summed E-state index contributed by atoms with van der Waals surface area (Å²) in [5.41, 5.74) is 1.53. The Morgan fingerprint density at radius 1 is 1.30 bits per heavy atom. The lowest BCUT2D eigenvalue weighted by molar-refractivity contribution is 0.459. The lowest BCUT2D eigenvalue weighted by atomic mass is 10.1. The predicted molar refractivity (Wildman–Crippen MR) is 83.1 cm³/mol. The number of oxazole rings is 1. The SMILES string of the molecule is CC(C)NCc1ncc(-c2cc3c(s2)CCCCC3)o1. The molecule has 0 spiro atoms. The van der Waals surface area contributed by atoms with Crippen LogP contribution in [-0.2, 0) is 19.4 Å². The van der Waals surface area contributed by atoms with Gasteiger partial charge < -0.3 is 9.73 Å². The van der Waals surface area contributed by atoms with Gasteiger partial charge in [0.05, 0.1) is 17.6 Å². The van der Waals surface area contributed by atoms with E-state index in [1.165, 1.54) is 42.5 Å². The molecule has 20 heavy (non-hydrogen) atoms. The van der Waals surface area contributed by atoms with Gasteiger partial charge in [-0.25, -0.2) is 4.98 Å². The Hall–Kier alpha value is -1.13. The van der Waals surface area contributed by atoms with Gasteiger partial charge in [-0.1, -0.05) is 20.3 Å².